The number of benzene rings is 1. The van der Waals surface area contributed by atoms with E-state index in [0.29, 0.717) is 16.6 Å². The Morgan fingerprint density at radius 3 is 2.47 bits per heavy atom. The second-order valence-electron chi connectivity index (χ2n) is 7.16. The van der Waals surface area contributed by atoms with Gasteiger partial charge in [-0.1, -0.05) is 37.0 Å². The van der Waals surface area contributed by atoms with Crippen LogP contribution >= 0.6 is 35.0 Å². The molecule has 1 unspecified atom stereocenters. The zero-order valence-electron chi connectivity index (χ0n) is 16.9. The lowest BCUT2D eigenvalue weighted by Crippen LogP contribution is -2.46. The molecule has 0 saturated heterocycles. The first-order valence-electron chi connectivity index (χ1n) is 9.37. The molecule has 2 aromatic rings. The van der Waals surface area contributed by atoms with Crippen molar-refractivity contribution in [3.8, 4) is 0 Å². The number of alkyl carbamates (subject to hydrolysis) is 1. The summed E-state index contributed by atoms with van der Waals surface area (Å²) in [5, 5.41) is 4.58. The third-order valence-electron chi connectivity index (χ3n) is 4.48. The van der Waals surface area contributed by atoms with Crippen LogP contribution in [-0.2, 0) is 11.3 Å². The van der Waals surface area contributed by atoms with E-state index in [9.17, 15) is 4.79 Å². The van der Waals surface area contributed by atoms with E-state index in [-0.39, 0.29) is 17.1 Å². The number of aliphatic imine (C=N–C) groups is 1. The van der Waals surface area contributed by atoms with Crippen LogP contribution in [0.1, 0.15) is 19.4 Å². The van der Waals surface area contributed by atoms with Crippen molar-refractivity contribution < 1.29 is 14.0 Å². The van der Waals surface area contributed by atoms with Gasteiger partial charge in [-0.05, 0) is 42.1 Å². The van der Waals surface area contributed by atoms with Gasteiger partial charge in [-0.2, -0.15) is 0 Å². The predicted molar refractivity (Wildman–Crippen MR) is 121 cm³/mol. The smallest absolute Gasteiger partial charge is 0.398 e. The van der Waals surface area contributed by atoms with Crippen LogP contribution in [0.15, 0.2) is 63.3 Å². The summed E-state index contributed by atoms with van der Waals surface area (Å²) in [6.45, 7) is 4.82. The van der Waals surface area contributed by atoms with Crippen molar-refractivity contribution in [2.24, 2.45) is 10.9 Å². The number of hydrogen-bond acceptors (Lipinski definition) is 5. The van der Waals surface area contributed by atoms with E-state index in [0.717, 1.165) is 21.2 Å². The van der Waals surface area contributed by atoms with E-state index in [4.69, 9.17) is 32.9 Å². The SMILES string of the molecule is CNC(=O)OC[N+]1(Cc2ccncc2)C=NC(C(C)C)=C1Sc1cc(Cl)cc(Cl)c1. The largest absolute Gasteiger partial charge is 0.411 e. The summed E-state index contributed by atoms with van der Waals surface area (Å²) in [5.74, 6) is 0.177. The van der Waals surface area contributed by atoms with Crippen molar-refractivity contribution in [3.63, 3.8) is 0 Å². The number of allylic oxidation sites excluding steroid dienone is 1. The minimum Gasteiger partial charge on any atom is -0.398 e. The fourth-order valence-electron chi connectivity index (χ4n) is 3.06. The molecule has 0 bridgehead atoms. The van der Waals surface area contributed by atoms with Crippen LogP contribution in [-0.4, -0.2) is 35.7 Å². The number of rotatable bonds is 7. The van der Waals surface area contributed by atoms with Crippen molar-refractivity contribution in [2.45, 2.75) is 25.3 Å². The molecular formula is C21H23Cl2N4O2S+. The zero-order valence-corrected chi connectivity index (χ0v) is 19.3. The fraction of sp³-hybridized carbons (Fsp3) is 0.286. The van der Waals surface area contributed by atoms with Crippen LogP contribution in [0.2, 0.25) is 10.0 Å². The van der Waals surface area contributed by atoms with Gasteiger partial charge in [0.25, 0.3) is 0 Å². The number of nitrogens with one attached hydrogen (secondary N) is 1. The lowest BCUT2D eigenvalue weighted by molar-refractivity contribution is -0.819. The molecule has 0 spiro atoms. The van der Waals surface area contributed by atoms with E-state index in [1.165, 1.54) is 18.8 Å². The first-order chi connectivity index (χ1) is 14.3. The average Bonchev–Trinajstić information content (AvgIpc) is 3.04. The Bertz CT molecular complexity index is 962. The Morgan fingerprint density at radius 2 is 1.87 bits per heavy atom. The number of quaternary nitrogens is 1. The van der Waals surface area contributed by atoms with Gasteiger partial charge < -0.3 is 10.1 Å². The van der Waals surface area contributed by atoms with Gasteiger partial charge in [0, 0.05) is 45.9 Å². The van der Waals surface area contributed by atoms with Gasteiger partial charge in [0.05, 0.1) is 0 Å². The van der Waals surface area contributed by atoms with Gasteiger partial charge in [0.15, 0.2) is 6.34 Å². The third kappa shape index (κ3) is 5.35. The van der Waals surface area contributed by atoms with Gasteiger partial charge in [0.2, 0.25) is 11.8 Å². The van der Waals surface area contributed by atoms with E-state index in [1.807, 2.05) is 30.6 Å². The minimum absolute atomic E-state index is 0.0956. The molecule has 1 aliphatic rings. The molecule has 1 aromatic heterocycles. The van der Waals surface area contributed by atoms with E-state index < -0.39 is 6.09 Å². The lowest BCUT2D eigenvalue weighted by Gasteiger charge is -2.31. The molecule has 2 heterocycles. The molecule has 3 rings (SSSR count). The van der Waals surface area contributed by atoms with E-state index in [1.54, 1.807) is 18.5 Å². The van der Waals surface area contributed by atoms with Crippen LogP contribution in [0.25, 0.3) is 0 Å². The van der Waals surface area contributed by atoms with Crippen LogP contribution < -0.4 is 5.32 Å². The van der Waals surface area contributed by atoms with Crippen LogP contribution in [0.3, 0.4) is 0 Å². The number of carbonyl (C=O) groups is 1. The van der Waals surface area contributed by atoms with Crippen LogP contribution in [0.5, 0.6) is 0 Å². The summed E-state index contributed by atoms with van der Waals surface area (Å²) in [4.78, 5) is 21.6. The molecule has 9 heteroatoms. The Labute approximate surface area is 190 Å². The first kappa shape index (κ1) is 22.6. The molecule has 1 aliphatic heterocycles. The summed E-state index contributed by atoms with van der Waals surface area (Å²) in [6, 6.07) is 9.31. The topological polar surface area (TPSA) is 63.6 Å². The van der Waals surface area contributed by atoms with Crippen LogP contribution in [0, 0.1) is 5.92 Å². The second kappa shape index (κ2) is 9.83. The van der Waals surface area contributed by atoms with Gasteiger partial charge >= 0.3 is 6.09 Å². The number of hydrogen-bond donors (Lipinski definition) is 1. The quantitative estimate of drug-likeness (QED) is 0.534. The van der Waals surface area contributed by atoms with Gasteiger partial charge in [-0.3, -0.25) is 4.98 Å². The molecule has 30 heavy (non-hydrogen) atoms. The highest BCUT2D eigenvalue weighted by Gasteiger charge is 2.42. The summed E-state index contributed by atoms with van der Waals surface area (Å²) < 4.78 is 5.75. The maximum absolute atomic E-state index is 11.9. The molecule has 1 aromatic carbocycles. The normalized spacial score (nSPS) is 18.2. The van der Waals surface area contributed by atoms with E-state index in [2.05, 4.69) is 24.1 Å². The standard InChI is InChI=1S/C21H22Cl2N4O2S/c1-14(2)19-20(30-18-9-16(22)8-17(23)10-18)27(12-26-19,13-29-21(28)24-3)11-15-4-6-25-7-5-15/h4-10,12,14H,11,13H2,1-3H3/p+1. The number of pyridine rings is 1. The number of carbonyl (C=O) groups excluding carboxylic acids is 1. The van der Waals surface area contributed by atoms with Gasteiger partial charge in [-0.15, -0.1) is 0 Å². The summed E-state index contributed by atoms with van der Waals surface area (Å²) in [6.07, 6.45) is 4.83. The monoisotopic (exact) mass is 465 g/mol. The molecular weight excluding hydrogens is 443 g/mol. The predicted octanol–water partition coefficient (Wildman–Crippen LogP) is 5.68. The fourth-order valence-corrected chi connectivity index (χ4v) is 5.05. The number of amides is 1. The van der Waals surface area contributed by atoms with Crippen molar-refractivity contribution >= 4 is 47.4 Å². The number of thioether (sulfide) groups is 1. The highest BCUT2D eigenvalue weighted by Crippen LogP contribution is 2.44. The minimum atomic E-state index is -0.497. The lowest BCUT2D eigenvalue weighted by atomic mass is 10.1. The molecule has 6 nitrogen and oxygen atoms in total. The Balaban J connectivity index is 2.04. The molecule has 0 aliphatic carbocycles. The van der Waals surface area contributed by atoms with Gasteiger partial charge in [-0.25, -0.2) is 14.3 Å². The average molecular weight is 466 g/mol. The number of ether oxygens (including phenoxy) is 1. The van der Waals surface area contributed by atoms with Crippen LogP contribution in [0.4, 0.5) is 4.79 Å². The summed E-state index contributed by atoms with van der Waals surface area (Å²) >= 11 is 14.0. The zero-order chi connectivity index (χ0) is 21.7. The van der Waals surface area contributed by atoms with Crippen molar-refractivity contribution in [1.82, 2.24) is 10.3 Å². The molecule has 158 valence electrons. The molecule has 1 atom stereocenters. The Kier molecular flexibility index (Phi) is 7.41. The summed E-state index contributed by atoms with van der Waals surface area (Å²) in [7, 11) is 1.53. The highest BCUT2D eigenvalue weighted by molar-refractivity contribution is 8.02. The third-order valence-corrected chi connectivity index (χ3v) is 6.16. The Hall–Kier alpha value is -2.06. The highest BCUT2D eigenvalue weighted by atomic mass is 35.5. The Morgan fingerprint density at radius 1 is 1.20 bits per heavy atom. The maximum atomic E-state index is 11.9. The molecule has 1 N–H and O–H groups in total. The van der Waals surface area contributed by atoms with E-state index >= 15 is 0 Å². The van der Waals surface area contributed by atoms with Crippen molar-refractivity contribution in [2.75, 3.05) is 13.8 Å². The van der Waals surface area contributed by atoms with Crippen molar-refractivity contribution in [3.05, 3.63) is 69.1 Å². The second-order valence-corrected chi connectivity index (χ2v) is 9.09. The summed E-state index contributed by atoms with van der Waals surface area (Å²) in [5.41, 5.74) is 1.98. The first-order valence-corrected chi connectivity index (χ1v) is 10.9. The molecule has 0 fully saturated rings. The molecule has 0 saturated carbocycles. The number of halogens is 2. The molecule has 0 radical (unpaired) electrons. The number of aromatic nitrogens is 1. The maximum Gasteiger partial charge on any atom is 0.411 e. The van der Waals surface area contributed by atoms with Gasteiger partial charge in [0.1, 0.15) is 12.2 Å². The number of nitrogens with zero attached hydrogens (tertiary/aromatic N) is 3. The van der Waals surface area contributed by atoms with Crippen molar-refractivity contribution in [1.29, 1.82) is 0 Å². The molecule has 1 amide bonds.